The van der Waals surface area contributed by atoms with Gasteiger partial charge in [0.1, 0.15) is 6.42 Å². The Morgan fingerprint density at radius 3 is 2.50 bits per heavy atom. The van der Waals surface area contributed by atoms with Crippen molar-refractivity contribution in [2.75, 3.05) is 7.11 Å². The third-order valence-electron chi connectivity index (χ3n) is 3.98. The standard InChI is InChI=1S/C16H20BNO4/c1-15(2)16(3,4)22-17(21-15)13-9-12(10-18-11-13)7-6-8-14(19)20-5/h9-11H,8H2,1-5H3. The molecule has 1 fully saturated rings. The highest BCUT2D eigenvalue weighted by Crippen LogP contribution is 2.36. The van der Waals surface area contributed by atoms with Crippen LogP contribution >= 0.6 is 0 Å². The first kappa shape index (κ1) is 16.5. The Bertz CT molecular complexity index is 615. The minimum absolute atomic E-state index is 0.0528. The van der Waals surface area contributed by atoms with E-state index in [0.717, 1.165) is 5.46 Å². The van der Waals surface area contributed by atoms with Crippen LogP contribution in [0, 0.1) is 11.8 Å². The molecule has 1 aromatic heterocycles. The summed E-state index contributed by atoms with van der Waals surface area (Å²) < 4.78 is 16.5. The molecule has 2 rings (SSSR count). The SMILES string of the molecule is COC(=O)CC#Cc1cncc(B2OC(C)(C)C(C)(C)O2)c1. The molecule has 5 nitrogen and oxygen atoms in total. The summed E-state index contributed by atoms with van der Waals surface area (Å²) in [7, 11) is 0.865. The van der Waals surface area contributed by atoms with E-state index >= 15 is 0 Å². The Labute approximate surface area is 131 Å². The molecule has 0 bridgehead atoms. The maximum Gasteiger partial charge on any atom is 0.496 e. The molecule has 1 aliphatic rings. The van der Waals surface area contributed by atoms with E-state index in [-0.39, 0.29) is 12.4 Å². The molecule has 0 atom stereocenters. The van der Waals surface area contributed by atoms with Crippen LogP contribution in [0.15, 0.2) is 18.5 Å². The number of esters is 1. The van der Waals surface area contributed by atoms with Crippen LogP contribution in [0.5, 0.6) is 0 Å². The van der Waals surface area contributed by atoms with Gasteiger partial charge >= 0.3 is 13.1 Å². The highest BCUT2D eigenvalue weighted by molar-refractivity contribution is 6.62. The molecular weight excluding hydrogens is 281 g/mol. The first-order chi connectivity index (χ1) is 10.2. The fourth-order valence-electron chi connectivity index (χ4n) is 1.92. The summed E-state index contributed by atoms with van der Waals surface area (Å²) in [4.78, 5) is 15.2. The number of hydrogen-bond acceptors (Lipinski definition) is 5. The molecule has 2 heterocycles. The van der Waals surface area contributed by atoms with Crippen LogP contribution in [0.3, 0.4) is 0 Å². The number of pyridine rings is 1. The van der Waals surface area contributed by atoms with Crippen LogP contribution in [-0.2, 0) is 18.8 Å². The number of rotatable bonds is 2. The van der Waals surface area contributed by atoms with Gasteiger partial charge in [0.2, 0.25) is 0 Å². The van der Waals surface area contributed by atoms with E-state index in [1.807, 2.05) is 33.8 Å². The topological polar surface area (TPSA) is 57.7 Å². The molecule has 0 aromatic carbocycles. The number of ether oxygens (including phenoxy) is 1. The van der Waals surface area contributed by atoms with E-state index in [1.165, 1.54) is 7.11 Å². The molecule has 1 aromatic rings. The van der Waals surface area contributed by atoms with Gasteiger partial charge in [-0.25, -0.2) is 0 Å². The molecule has 0 spiro atoms. The second kappa shape index (κ2) is 6.11. The number of nitrogens with zero attached hydrogens (tertiary/aromatic N) is 1. The zero-order chi connectivity index (χ0) is 16.4. The van der Waals surface area contributed by atoms with Gasteiger partial charge in [-0.1, -0.05) is 11.8 Å². The van der Waals surface area contributed by atoms with Gasteiger partial charge in [0, 0.05) is 23.4 Å². The van der Waals surface area contributed by atoms with Crippen molar-refractivity contribution in [2.24, 2.45) is 0 Å². The molecule has 116 valence electrons. The molecule has 0 amide bonds. The van der Waals surface area contributed by atoms with E-state index in [1.54, 1.807) is 12.4 Å². The van der Waals surface area contributed by atoms with Gasteiger partial charge in [-0.2, -0.15) is 0 Å². The Balaban J connectivity index is 2.15. The lowest BCUT2D eigenvalue weighted by molar-refractivity contribution is -0.139. The minimum Gasteiger partial charge on any atom is -0.468 e. The van der Waals surface area contributed by atoms with E-state index in [0.29, 0.717) is 5.56 Å². The summed E-state index contributed by atoms with van der Waals surface area (Å²) >= 11 is 0. The Morgan fingerprint density at radius 2 is 1.91 bits per heavy atom. The summed E-state index contributed by atoms with van der Waals surface area (Å²) in [5, 5.41) is 0. The first-order valence-corrected chi connectivity index (χ1v) is 7.11. The van der Waals surface area contributed by atoms with Crippen molar-refractivity contribution in [1.29, 1.82) is 0 Å². The van der Waals surface area contributed by atoms with Crippen LogP contribution in [0.2, 0.25) is 0 Å². The third-order valence-corrected chi connectivity index (χ3v) is 3.98. The molecule has 0 saturated carbocycles. The molecule has 0 radical (unpaired) electrons. The molecule has 22 heavy (non-hydrogen) atoms. The predicted molar refractivity (Wildman–Crippen MR) is 83.5 cm³/mol. The maximum absolute atomic E-state index is 11.0. The van der Waals surface area contributed by atoms with Gasteiger partial charge in [0.05, 0.1) is 18.3 Å². The van der Waals surface area contributed by atoms with Gasteiger partial charge in [-0.15, -0.1) is 0 Å². The number of carbonyl (C=O) groups excluding carboxylic acids is 1. The average molecular weight is 301 g/mol. The van der Waals surface area contributed by atoms with Crippen LogP contribution < -0.4 is 5.46 Å². The zero-order valence-electron chi connectivity index (χ0n) is 13.6. The van der Waals surface area contributed by atoms with Crippen LogP contribution in [0.4, 0.5) is 0 Å². The second-order valence-corrected chi connectivity index (χ2v) is 6.15. The fourth-order valence-corrected chi connectivity index (χ4v) is 1.92. The smallest absolute Gasteiger partial charge is 0.468 e. The molecule has 6 heteroatoms. The second-order valence-electron chi connectivity index (χ2n) is 6.15. The maximum atomic E-state index is 11.0. The lowest BCUT2D eigenvalue weighted by atomic mass is 9.80. The summed E-state index contributed by atoms with van der Waals surface area (Å²) in [5.41, 5.74) is 0.716. The monoisotopic (exact) mass is 301 g/mol. The van der Waals surface area contributed by atoms with Crippen molar-refractivity contribution in [3.05, 3.63) is 24.0 Å². The fraction of sp³-hybridized carbons (Fsp3) is 0.500. The molecule has 1 aliphatic heterocycles. The van der Waals surface area contributed by atoms with E-state index in [2.05, 4.69) is 21.6 Å². The van der Waals surface area contributed by atoms with E-state index in [9.17, 15) is 4.79 Å². The number of methoxy groups -OCH3 is 1. The van der Waals surface area contributed by atoms with Crippen molar-refractivity contribution in [3.63, 3.8) is 0 Å². The average Bonchev–Trinajstić information content (AvgIpc) is 2.67. The molecule has 0 unspecified atom stereocenters. The number of carbonyl (C=O) groups is 1. The first-order valence-electron chi connectivity index (χ1n) is 7.11. The summed E-state index contributed by atoms with van der Waals surface area (Å²) in [6.45, 7) is 8.00. The van der Waals surface area contributed by atoms with Crippen molar-refractivity contribution in [3.8, 4) is 11.8 Å². The molecule has 0 aliphatic carbocycles. The van der Waals surface area contributed by atoms with Crippen molar-refractivity contribution in [2.45, 2.75) is 45.3 Å². The largest absolute Gasteiger partial charge is 0.496 e. The summed E-state index contributed by atoms with van der Waals surface area (Å²) in [6, 6.07) is 1.86. The molecule has 0 N–H and O–H groups in total. The van der Waals surface area contributed by atoms with Crippen LogP contribution in [-0.4, -0.2) is 36.4 Å². The van der Waals surface area contributed by atoms with Gasteiger partial charge in [0.25, 0.3) is 0 Å². The highest BCUT2D eigenvalue weighted by Gasteiger charge is 2.51. The van der Waals surface area contributed by atoms with Crippen molar-refractivity contribution in [1.82, 2.24) is 4.98 Å². The van der Waals surface area contributed by atoms with E-state index < -0.39 is 18.3 Å². The van der Waals surface area contributed by atoms with Crippen LogP contribution in [0.25, 0.3) is 0 Å². The predicted octanol–water partition coefficient (Wildman–Crippen LogP) is 1.30. The van der Waals surface area contributed by atoms with Gasteiger partial charge in [-0.3, -0.25) is 9.78 Å². The number of aromatic nitrogens is 1. The minimum atomic E-state index is -0.472. The normalized spacial score (nSPS) is 18.5. The van der Waals surface area contributed by atoms with E-state index in [4.69, 9.17) is 9.31 Å². The van der Waals surface area contributed by atoms with Crippen molar-refractivity contribution < 1.29 is 18.8 Å². The molecular formula is C16H20BNO4. The Morgan fingerprint density at radius 1 is 1.27 bits per heavy atom. The lowest BCUT2D eigenvalue weighted by Gasteiger charge is -2.32. The number of hydrogen-bond donors (Lipinski definition) is 0. The quantitative estimate of drug-likeness (QED) is 0.468. The zero-order valence-corrected chi connectivity index (χ0v) is 13.6. The van der Waals surface area contributed by atoms with Gasteiger partial charge in [-0.05, 0) is 33.8 Å². The van der Waals surface area contributed by atoms with Crippen LogP contribution in [0.1, 0.15) is 39.7 Å². The molecule has 1 saturated heterocycles. The Kier molecular flexibility index (Phi) is 4.59. The lowest BCUT2D eigenvalue weighted by Crippen LogP contribution is -2.41. The third kappa shape index (κ3) is 3.49. The van der Waals surface area contributed by atoms with Crippen molar-refractivity contribution >= 4 is 18.6 Å². The highest BCUT2D eigenvalue weighted by atomic mass is 16.7. The summed E-state index contributed by atoms with van der Waals surface area (Å²) in [5.74, 6) is 5.29. The summed E-state index contributed by atoms with van der Waals surface area (Å²) in [6.07, 6.45) is 3.39. The Hall–Kier alpha value is -1.84. The van der Waals surface area contributed by atoms with Gasteiger partial charge < -0.3 is 14.0 Å². The van der Waals surface area contributed by atoms with Gasteiger partial charge in [0.15, 0.2) is 0 Å².